The van der Waals surface area contributed by atoms with Crippen molar-refractivity contribution in [3.63, 3.8) is 0 Å². The van der Waals surface area contributed by atoms with Crippen LogP contribution in [0, 0.1) is 6.92 Å². The summed E-state index contributed by atoms with van der Waals surface area (Å²) in [7, 11) is 1.33. The van der Waals surface area contributed by atoms with Crippen molar-refractivity contribution >= 4 is 17.6 Å². The molecular weight excluding hydrogens is 220 g/mol. The van der Waals surface area contributed by atoms with E-state index in [1.807, 2.05) is 0 Å². The number of rotatable bonds is 3. The second kappa shape index (κ2) is 5.45. The average molecular weight is 236 g/mol. The Morgan fingerprint density at radius 1 is 1.41 bits per heavy atom. The molecule has 0 saturated carbocycles. The van der Waals surface area contributed by atoms with Crippen LogP contribution in [0.4, 0.5) is 5.69 Å². The van der Waals surface area contributed by atoms with E-state index in [-0.39, 0.29) is 5.91 Å². The van der Waals surface area contributed by atoms with Gasteiger partial charge >= 0.3 is 5.97 Å². The Balaban J connectivity index is 2.89. The van der Waals surface area contributed by atoms with Crippen molar-refractivity contribution in [2.45, 2.75) is 19.9 Å². The maximum Gasteiger partial charge on any atom is 0.338 e. The zero-order chi connectivity index (χ0) is 13.0. The first kappa shape index (κ1) is 13.2. The smallest absolute Gasteiger partial charge is 0.338 e. The molecule has 0 spiro atoms. The molecule has 0 radical (unpaired) electrons. The van der Waals surface area contributed by atoms with Gasteiger partial charge < -0.3 is 15.8 Å². The third-order valence-corrected chi connectivity index (χ3v) is 2.31. The molecule has 1 rings (SSSR count). The quantitative estimate of drug-likeness (QED) is 0.769. The number of aryl methyl sites for hydroxylation is 1. The second-order valence-electron chi connectivity index (χ2n) is 3.80. The molecule has 1 atom stereocenters. The number of methoxy groups -OCH3 is 1. The summed E-state index contributed by atoms with van der Waals surface area (Å²) in [6.45, 7) is 3.37. The molecule has 0 heterocycles. The largest absolute Gasteiger partial charge is 0.465 e. The predicted octanol–water partition coefficient (Wildman–Crippen LogP) is 1.07. The van der Waals surface area contributed by atoms with Crippen LogP contribution in [0.2, 0.25) is 0 Å². The second-order valence-corrected chi connectivity index (χ2v) is 3.80. The zero-order valence-corrected chi connectivity index (χ0v) is 10.1. The lowest BCUT2D eigenvalue weighted by Crippen LogP contribution is -2.32. The molecule has 0 saturated heterocycles. The molecule has 5 heteroatoms. The Kier molecular flexibility index (Phi) is 4.23. The van der Waals surface area contributed by atoms with Gasteiger partial charge in [-0.15, -0.1) is 0 Å². The molecule has 0 aromatic heterocycles. The highest BCUT2D eigenvalue weighted by molar-refractivity contribution is 5.96. The third-order valence-electron chi connectivity index (χ3n) is 2.31. The molecule has 5 nitrogen and oxygen atoms in total. The van der Waals surface area contributed by atoms with E-state index in [1.54, 1.807) is 32.0 Å². The number of hydrogen-bond donors (Lipinski definition) is 2. The topological polar surface area (TPSA) is 81.4 Å². The fourth-order valence-corrected chi connectivity index (χ4v) is 1.34. The van der Waals surface area contributed by atoms with Gasteiger partial charge in [-0.05, 0) is 37.6 Å². The van der Waals surface area contributed by atoms with Crippen LogP contribution in [-0.4, -0.2) is 25.0 Å². The monoisotopic (exact) mass is 236 g/mol. The van der Waals surface area contributed by atoms with E-state index < -0.39 is 12.0 Å². The fraction of sp³-hybridized carbons (Fsp3) is 0.333. The molecule has 0 fully saturated rings. The Labute approximate surface area is 99.9 Å². The Morgan fingerprint density at radius 2 is 2.06 bits per heavy atom. The van der Waals surface area contributed by atoms with Crippen molar-refractivity contribution in [3.8, 4) is 0 Å². The molecule has 1 aromatic carbocycles. The van der Waals surface area contributed by atoms with Crippen molar-refractivity contribution in [2.24, 2.45) is 5.73 Å². The van der Waals surface area contributed by atoms with E-state index in [0.717, 1.165) is 5.56 Å². The summed E-state index contributed by atoms with van der Waals surface area (Å²) in [5.74, 6) is -0.664. The first-order chi connectivity index (χ1) is 7.95. The van der Waals surface area contributed by atoms with Crippen molar-refractivity contribution in [1.29, 1.82) is 0 Å². The van der Waals surface area contributed by atoms with Gasteiger partial charge in [-0.3, -0.25) is 4.79 Å². The van der Waals surface area contributed by atoms with Crippen LogP contribution >= 0.6 is 0 Å². The van der Waals surface area contributed by atoms with Crippen molar-refractivity contribution < 1.29 is 14.3 Å². The average Bonchev–Trinajstić information content (AvgIpc) is 2.28. The first-order valence-corrected chi connectivity index (χ1v) is 5.21. The molecule has 0 aliphatic rings. The van der Waals surface area contributed by atoms with Crippen LogP contribution < -0.4 is 11.1 Å². The summed E-state index contributed by atoms with van der Waals surface area (Å²) < 4.78 is 4.63. The van der Waals surface area contributed by atoms with Crippen molar-refractivity contribution in [3.05, 3.63) is 29.3 Å². The lowest BCUT2D eigenvalue weighted by Gasteiger charge is -2.10. The van der Waals surface area contributed by atoms with E-state index in [1.165, 1.54) is 7.11 Å². The van der Waals surface area contributed by atoms with Gasteiger partial charge in [-0.2, -0.15) is 0 Å². The standard InChI is InChI=1S/C12H16N2O3/c1-7-6-9(14-11(15)8(2)13)4-5-10(7)12(16)17-3/h4-6,8H,13H2,1-3H3,(H,14,15)/t8-/m0/s1. The van der Waals surface area contributed by atoms with Gasteiger partial charge in [0.25, 0.3) is 0 Å². The molecule has 0 aliphatic heterocycles. The van der Waals surface area contributed by atoms with Crippen LogP contribution in [0.5, 0.6) is 0 Å². The van der Waals surface area contributed by atoms with E-state index in [4.69, 9.17) is 5.73 Å². The summed E-state index contributed by atoms with van der Waals surface area (Å²) >= 11 is 0. The number of nitrogens with two attached hydrogens (primary N) is 1. The maximum atomic E-state index is 11.4. The van der Waals surface area contributed by atoms with Gasteiger partial charge in [0, 0.05) is 5.69 Å². The van der Waals surface area contributed by atoms with Crippen LogP contribution in [0.25, 0.3) is 0 Å². The molecular formula is C12H16N2O3. The number of ether oxygens (including phenoxy) is 1. The highest BCUT2D eigenvalue weighted by atomic mass is 16.5. The van der Waals surface area contributed by atoms with Crippen LogP contribution in [0.1, 0.15) is 22.8 Å². The molecule has 1 aromatic rings. The minimum atomic E-state index is -0.574. The van der Waals surface area contributed by atoms with Gasteiger partial charge in [-0.1, -0.05) is 0 Å². The van der Waals surface area contributed by atoms with E-state index in [9.17, 15) is 9.59 Å². The van der Waals surface area contributed by atoms with Gasteiger partial charge in [-0.25, -0.2) is 4.79 Å². The normalized spacial score (nSPS) is 11.8. The fourth-order valence-electron chi connectivity index (χ4n) is 1.34. The number of anilines is 1. The van der Waals surface area contributed by atoms with Crippen molar-refractivity contribution in [1.82, 2.24) is 0 Å². The minimum absolute atomic E-state index is 0.268. The Morgan fingerprint density at radius 3 is 2.53 bits per heavy atom. The number of hydrogen-bond acceptors (Lipinski definition) is 4. The summed E-state index contributed by atoms with van der Waals surface area (Å²) in [6, 6.07) is 4.37. The molecule has 3 N–H and O–H groups in total. The van der Waals surface area contributed by atoms with Gasteiger partial charge in [0.15, 0.2) is 0 Å². The lowest BCUT2D eigenvalue weighted by atomic mass is 10.1. The number of carbonyl (C=O) groups is 2. The summed E-state index contributed by atoms with van der Waals surface area (Å²) in [5.41, 5.74) is 7.26. The van der Waals surface area contributed by atoms with E-state index >= 15 is 0 Å². The number of amides is 1. The van der Waals surface area contributed by atoms with Crippen molar-refractivity contribution in [2.75, 3.05) is 12.4 Å². The summed E-state index contributed by atoms with van der Waals surface area (Å²) in [4.78, 5) is 22.7. The number of nitrogens with one attached hydrogen (secondary N) is 1. The number of carbonyl (C=O) groups excluding carboxylic acids is 2. The minimum Gasteiger partial charge on any atom is -0.465 e. The summed E-state index contributed by atoms with van der Waals surface area (Å²) in [6.07, 6.45) is 0. The van der Waals surface area contributed by atoms with Crippen LogP contribution in [0.3, 0.4) is 0 Å². The van der Waals surface area contributed by atoms with Crippen LogP contribution in [-0.2, 0) is 9.53 Å². The van der Waals surface area contributed by atoms with Gasteiger partial charge in [0.1, 0.15) is 0 Å². The Bertz CT molecular complexity index is 441. The lowest BCUT2D eigenvalue weighted by molar-refractivity contribution is -0.117. The van der Waals surface area contributed by atoms with E-state index in [2.05, 4.69) is 10.1 Å². The van der Waals surface area contributed by atoms with Gasteiger partial charge in [0.2, 0.25) is 5.91 Å². The predicted molar refractivity (Wildman–Crippen MR) is 64.8 cm³/mol. The van der Waals surface area contributed by atoms with Crippen LogP contribution in [0.15, 0.2) is 18.2 Å². The van der Waals surface area contributed by atoms with E-state index in [0.29, 0.717) is 11.3 Å². The van der Waals surface area contributed by atoms with Gasteiger partial charge in [0.05, 0.1) is 18.7 Å². The molecule has 17 heavy (non-hydrogen) atoms. The number of benzene rings is 1. The molecule has 0 aliphatic carbocycles. The first-order valence-electron chi connectivity index (χ1n) is 5.21. The Hall–Kier alpha value is -1.88. The molecule has 1 amide bonds. The molecule has 0 unspecified atom stereocenters. The zero-order valence-electron chi connectivity index (χ0n) is 10.1. The molecule has 92 valence electrons. The highest BCUT2D eigenvalue weighted by Crippen LogP contribution is 2.16. The SMILES string of the molecule is COC(=O)c1ccc(NC(=O)[C@H](C)N)cc1C. The maximum absolute atomic E-state index is 11.4. The summed E-state index contributed by atoms with van der Waals surface area (Å²) in [5, 5.41) is 2.65. The molecule has 0 bridgehead atoms. The third kappa shape index (κ3) is 3.29. The highest BCUT2D eigenvalue weighted by Gasteiger charge is 2.11. The number of esters is 1.